The van der Waals surface area contributed by atoms with Crippen molar-refractivity contribution in [2.45, 2.75) is 27.2 Å². The zero-order valence-corrected chi connectivity index (χ0v) is 11.9. The molecule has 1 aromatic heterocycles. The van der Waals surface area contributed by atoms with E-state index in [4.69, 9.17) is 4.52 Å². The molecule has 1 aromatic carbocycles. The topological polar surface area (TPSA) is 80.0 Å². The van der Waals surface area contributed by atoms with Crippen molar-refractivity contribution in [1.82, 2.24) is 10.1 Å². The van der Waals surface area contributed by atoms with Crippen LogP contribution >= 0.6 is 0 Å². The van der Waals surface area contributed by atoms with Gasteiger partial charge in [0.2, 0.25) is 0 Å². The highest BCUT2D eigenvalue weighted by Crippen LogP contribution is 2.19. The highest BCUT2D eigenvalue weighted by Gasteiger charge is 2.14. The fourth-order valence-electron chi connectivity index (χ4n) is 1.77. The Bertz CT molecular complexity index is 607. The molecule has 0 atom stereocenters. The lowest BCUT2D eigenvalue weighted by molar-refractivity contribution is 0.102. The van der Waals surface area contributed by atoms with Crippen molar-refractivity contribution in [1.29, 1.82) is 0 Å². The number of carbonyl (C=O) groups excluding carboxylic acids is 1. The molecule has 2 rings (SSSR count). The monoisotopic (exact) mass is 274 g/mol. The minimum atomic E-state index is -0.271. The summed E-state index contributed by atoms with van der Waals surface area (Å²) in [5.74, 6) is 0.209. The highest BCUT2D eigenvalue weighted by molar-refractivity contribution is 6.07. The van der Waals surface area contributed by atoms with Crippen molar-refractivity contribution >= 4 is 17.6 Å². The van der Waals surface area contributed by atoms with Crippen molar-refractivity contribution in [3.63, 3.8) is 0 Å². The Balaban J connectivity index is 2.19. The van der Waals surface area contributed by atoms with Crippen LogP contribution in [0.15, 0.2) is 22.7 Å². The third-order valence-electron chi connectivity index (χ3n) is 2.73. The van der Waals surface area contributed by atoms with E-state index in [2.05, 4.69) is 27.7 Å². The Morgan fingerprint density at radius 2 is 2.15 bits per heavy atom. The number of aryl methyl sites for hydroxylation is 2. The van der Waals surface area contributed by atoms with E-state index in [0.29, 0.717) is 11.4 Å². The molecule has 20 heavy (non-hydrogen) atoms. The van der Waals surface area contributed by atoms with E-state index in [0.717, 1.165) is 24.2 Å². The van der Waals surface area contributed by atoms with Gasteiger partial charge >= 0.3 is 6.01 Å². The number of amides is 1. The molecule has 0 aliphatic carbocycles. The normalized spacial score (nSPS) is 10.3. The number of hydrogen-bond donors (Lipinski definition) is 2. The molecule has 0 aliphatic rings. The van der Waals surface area contributed by atoms with Gasteiger partial charge in [-0.15, -0.1) is 0 Å². The summed E-state index contributed by atoms with van der Waals surface area (Å²) in [5, 5.41) is 9.48. The molecule has 1 amide bonds. The first kappa shape index (κ1) is 14.0. The highest BCUT2D eigenvalue weighted by atomic mass is 16.5. The third kappa shape index (κ3) is 3.34. The summed E-state index contributed by atoms with van der Waals surface area (Å²) in [4.78, 5) is 16.2. The van der Waals surface area contributed by atoms with Crippen LogP contribution in [0.25, 0.3) is 0 Å². The van der Waals surface area contributed by atoms with Gasteiger partial charge in [-0.3, -0.25) is 10.1 Å². The van der Waals surface area contributed by atoms with E-state index in [9.17, 15) is 4.79 Å². The number of carbonyl (C=O) groups is 1. The number of nitrogens with one attached hydrogen (secondary N) is 2. The van der Waals surface area contributed by atoms with E-state index in [-0.39, 0.29) is 11.9 Å². The third-order valence-corrected chi connectivity index (χ3v) is 2.73. The molecule has 0 saturated carbocycles. The second-order valence-electron chi connectivity index (χ2n) is 4.58. The summed E-state index contributed by atoms with van der Waals surface area (Å²) in [5.41, 5.74) is 2.45. The fourth-order valence-corrected chi connectivity index (χ4v) is 1.77. The van der Waals surface area contributed by atoms with E-state index in [1.165, 1.54) is 0 Å². The average Bonchev–Trinajstić information content (AvgIpc) is 2.81. The Morgan fingerprint density at radius 1 is 1.35 bits per heavy atom. The molecular weight excluding hydrogens is 256 g/mol. The summed E-state index contributed by atoms with van der Waals surface area (Å²) in [7, 11) is 0. The van der Waals surface area contributed by atoms with Crippen LogP contribution < -0.4 is 10.6 Å². The van der Waals surface area contributed by atoms with Crippen LogP contribution in [0.3, 0.4) is 0 Å². The second-order valence-corrected chi connectivity index (χ2v) is 4.58. The summed E-state index contributed by atoms with van der Waals surface area (Å²) < 4.78 is 4.89. The molecule has 2 aromatic rings. The predicted molar refractivity (Wildman–Crippen MR) is 76.9 cm³/mol. The molecule has 106 valence electrons. The summed E-state index contributed by atoms with van der Waals surface area (Å²) >= 11 is 0. The first-order valence-corrected chi connectivity index (χ1v) is 6.56. The Kier molecular flexibility index (Phi) is 4.34. The molecule has 0 unspecified atom stereocenters. The summed E-state index contributed by atoms with van der Waals surface area (Å²) in [6, 6.07) is 5.73. The van der Waals surface area contributed by atoms with E-state index < -0.39 is 0 Å². The van der Waals surface area contributed by atoms with Gasteiger partial charge in [-0.05, 0) is 38.0 Å². The van der Waals surface area contributed by atoms with Crippen LogP contribution in [-0.2, 0) is 0 Å². The number of anilines is 2. The van der Waals surface area contributed by atoms with Crippen molar-refractivity contribution < 1.29 is 9.32 Å². The minimum Gasteiger partial charge on any atom is -0.384 e. The van der Waals surface area contributed by atoms with Crippen LogP contribution in [0, 0.1) is 13.8 Å². The smallest absolute Gasteiger partial charge is 0.328 e. The minimum absolute atomic E-state index is 0.106. The molecule has 0 aliphatic heterocycles. The van der Waals surface area contributed by atoms with Crippen molar-refractivity contribution in [2.75, 3.05) is 17.2 Å². The first-order valence-electron chi connectivity index (χ1n) is 6.56. The molecule has 2 N–H and O–H groups in total. The van der Waals surface area contributed by atoms with E-state index >= 15 is 0 Å². The van der Waals surface area contributed by atoms with E-state index in [1.807, 2.05) is 19.1 Å². The standard InChI is InChI=1S/C14H18N4O2/c1-4-7-15-12-8-9(2)5-6-11(12)13(19)17-14-16-10(3)18-20-14/h5-6,8,15H,4,7H2,1-3H3,(H,16,17,18,19). The zero-order chi connectivity index (χ0) is 14.5. The molecule has 6 heteroatoms. The fraction of sp³-hybridized carbons (Fsp3) is 0.357. The van der Waals surface area contributed by atoms with E-state index in [1.54, 1.807) is 13.0 Å². The average molecular weight is 274 g/mol. The van der Waals surface area contributed by atoms with Crippen molar-refractivity contribution in [3.05, 3.63) is 35.2 Å². The van der Waals surface area contributed by atoms with Crippen molar-refractivity contribution in [2.24, 2.45) is 0 Å². The molecular formula is C14H18N4O2. The molecule has 0 saturated heterocycles. The van der Waals surface area contributed by atoms with Gasteiger partial charge in [0, 0.05) is 12.2 Å². The predicted octanol–water partition coefficient (Wildman–Crippen LogP) is 2.76. The number of nitrogens with zero attached hydrogens (tertiary/aromatic N) is 2. The lowest BCUT2D eigenvalue weighted by Gasteiger charge is -2.11. The number of hydrogen-bond acceptors (Lipinski definition) is 5. The van der Waals surface area contributed by atoms with Crippen molar-refractivity contribution in [3.8, 4) is 0 Å². The zero-order valence-electron chi connectivity index (χ0n) is 11.9. The summed E-state index contributed by atoms with van der Waals surface area (Å²) in [6.45, 7) is 6.56. The van der Waals surface area contributed by atoms with Gasteiger partial charge in [0.05, 0.1) is 5.56 Å². The lowest BCUT2D eigenvalue weighted by atomic mass is 10.1. The van der Waals surface area contributed by atoms with Gasteiger partial charge < -0.3 is 9.84 Å². The first-order chi connectivity index (χ1) is 9.60. The van der Waals surface area contributed by atoms with Crippen LogP contribution in [0.1, 0.15) is 35.1 Å². The Morgan fingerprint density at radius 3 is 2.80 bits per heavy atom. The summed E-state index contributed by atoms with van der Waals surface area (Å²) in [6.07, 6.45) is 0.984. The largest absolute Gasteiger partial charge is 0.384 e. The quantitative estimate of drug-likeness (QED) is 0.876. The molecule has 0 bridgehead atoms. The van der Waals surface area contributed by atoms with Crippen LogP contribution in [0.2, 0.25) is 0 Å². The molecule has 0 radical (unpaired) electrons. The maximum absolute atomic E-state index is 12.2. The molecule has 0 fully saturated rings. The van der Waals surface area contributed by atoms with Gasteiger partial charge in [-0.25, -0.2) is 0 Å². The number of benzene rings is 1. The molecule has 1 heterocycles. The van der Waals surface area contributed by atoms with Gasteiger partial charge in [-0.2, -0.15) is 4.98 Å². The number of aromatic nitrogens is 2. The van der Waals surface area contributed by atoms with Gasteiger partial charge in [-0.1, -0.05) is 18.1 Å². The SMILES string of the molecule is CCCNc1cc(C)ccc1C(=O)Nc1nc(C)no1. The number of rotatable bonds is 5. The van der Waals surface area contributed by atoms with Crippen LogP contribution in [0.4, 0.5) is 11.7 Å². The second kappa shape index (κ2) is 6.18. The Labute approximate surface area is 117 Å². The van der Waals surface area contributed by atoms with Crippen LogP contribution in [-0.4, -0.2) is 22.6 Å². The van der Waals surface area contributed by atoms with Crippen LogP contribution in [0.5, 0.6) is 0 Å². The maximum atomic E-state index is 12.2. The molecule has 6 nitrogen and oxygen atoms in total. The van der Waals surface area contributed by atoms with Gasteiger partial charge in [0.1, 0.15) is 0 Å². The maximum Gasteiger partial charge on any atom is 0.328 e. The van der Waals surface area contributed by atoms with Gasteiger partial charge in [0.15, 0.2) is 5.82 Å². The van der Waals surface area contributed by atoms with Gasteiger partial charge in [0.25, 0.3) is 5.91 Å². The molecule has 0 spiro atoms. The lowest BCUT2D eigenvalue weighted by Crippen LogP contribution is -2.15. The Hall–Kier alpha value is -2.37.